The molecule has 0 unspecified atom stereocenters. The van der Waals surface area contributed by atoms with Gasteiger partial charge in [0.15, 0.2) is 0 Å². The number of benzene rings is 6. The van der Waals surface area contributed by atoms with Crippen molar-refractivity contribution < 1.29 is 22.9 Å². The molecule has 1 N–H and O–H groups in total. The first-order chi connectivity index (χ1) is 33.8. The molecule has 60 heavy (non-hydrogen) atoms. The van der Waals surface area contributed by atoms with E-state index in [1.54, 1.807) is 6.07 Å². The molecule has 4 nitrogen and oxygen atoms in total. The zero-order valence-corrected chi connectivity index (χ0v) is 35.3. The van der Waals surface area contributed by atoms with Crippen LogP contribution in [-0.4, -0.2) is 19.6 Å². The number of fused-ring (bicyclic) bond motifs is 1. The smallest absolute Gasteiger partial charge is 0.149 e. The number of rotatable bonds is 6. The van der Waals surface area contributed by atoms with E-state index in [4.69, 9.17) is 27.8 Å². The van der Waals surface area contributed by atoms with Crippen molar-refractivity contribution in [1.82, 2.24) is 14.5 Å². The van der Waals surface area contributed by atoms with E-state index in [1.807, 2.05) is 74.5 Å². The lowest BCUT2D eigenvalue weighted by Crippen LogP contribution is -2.14. The molecule has 0 aliphatic carbocycles. The monoisotopic (exact) mass is 801 g/mol. The van der Waals surface area contributed by atoms with Crippen LogP contribution in [0.25, 0.3) is 72.7 Å². The second-order valence-corrected chi connectivity index (χ2v) is 17.7. The zero-order chi connectivity index (χ0) is 53.7. The quantitative estimate of drug-likeness (QED) is 0.182. The van der Waals surface area contributed by atoms with Crippen LogP contribution in [0.2, 0.25) is 0 Å². The number of aromatic nitrogens is 3. The number of aromatic hydroxyl groups is 1. The Balaban J connectivity index is 1.36. The predicted octanol–water partition coefficient (Wildman–Crippen LogP) is 15.0. The van der Waals surface area contributed by atoms with Crippen LogP contribution in [0.5, 0.6) is 5.75 Å². The molecule has 0 spiro atoms. The standard InChI is InChI=1S/C56H57N3O/c1-35-28-36(2)52(60)47(29-35)53-58-51-46(18-15-19-50(51)59(53)44-24-25-45(38-16-13-12-14-17-38)48(34-44)56(9,10)11)40-30-41(32-43(31-40)55(6,7)8)49-33-39(26-27-57-49)37-20-22-42(23-21-37)54(3,4)5/h12-34,60H,1-11H3/i3D3,4D3,5D3,20D,21D,22D,23D. The van der Waals surface area contributed by atoms with Gasteiger partial charge < -0.3 is 5.11 Å². The van der Waals surface area contributed by atoms with E-state index in [2.05, 4.69) is 82.5 Å². The second kappa shape index (κ2) is 15.1. The fourth-order valence-electron chi connectivity index (χ4n) is 7.82. The van der Waals surface area contributed by atoms with E-state index in [-0.39, 0.29) is 22.3 Å². The van der Waals surface area contributed by atoms with Crippen LogP contribution in [0.4, 0.5) is 0 Å². The highest BCUT2D eigenvalue weighted by Crippen LogP contribution is 2.43. The number of phenols is 1. The van der Waals surface area contributed by atoms with Gasteiger partial charge in [-0.05, 0) is 134 Å². The summed E-state index contributed by atoms with van der Waals surface area (Å²) in [7, 11) is 0. The molecule has 6 aromatic carbocycles. The molecule has 4 heteroatoms. The largest absolute Gasteiger partial charge is 0.507 e. The first-order valence-electron chi connectivity index (χ1n) is 26.6. The maximum atomic E-state index is 11.8. The highest BCUT2D eigenvalue weighted by atomic mass is 16.3. The molecule has 0 saturated carbocycles. The summed E-state index contributed by atoms with van der Waals surface area (Å²) in [5, 5.41) is 11.8. The molecule has 8 rings (SSSR count). The van der Waals surface area contributed by atoms with Crippen LogP contribution in [0.3, 0.4) is 0 Å². The number of pyridine rings is 1. The molecule has 0 amide bonds. The van der Waals surface area contributed by atoms with Crippen LogP contribution in [0.15, 0.2) is 140 Å². The highest BCUT2D eigenvalue weighted by molar-refractivity contribution is 5.97. The number of hydrogen-bond donors (Lipinski definition) is 1. The summed E-state index contributed by atoms with van der Waals surface area (Å²) in [6.07, 6.45) is 1.44. The normalized spacial score (nSPS) is 16.1. The van der Waals surface area contributed by atoms with Crippen LogP contribution >= 0.6 is 0 Å². The number of aryl methyl sites for hydroxylation is 2. The van der Waals surface area contributed by atoms with E-state index in [0.29, 0.717) is 33.7 Å². The minimum absolute atomic E-state index is 0.117. The molecular weight excluding hydrogens is 731 g/mol. The van der Waals surface area contributed by atoms with Crippen molar-refractivity contribution in [2.24, 2.45) is 0 Å². The van der Waals surface area contributed by atoms with Gasteiger partial charge in [-0.1, -0.05) is 147 Å². The van der Waals surface area contributed by atoms with Crippen molar-refractivity contribution in [2.45, 2.75) is 92.2 Å². The van der Waals surface area contributed by atoms with Crippen molar-refractivity contribution >= 4 is 11.0 Å². The highest BCUT2D eigenvalue weighted by Gasteiger charge is 2.25. The average Bonchev–Trinajstić information content (AvgIpc) is 3.69. The van der Waals surface area contributed by atoms with Gasteiger partial charge >= 0.3 is 0 Å². The topological polar surface area (TPSA) is 50.9 Å². The summed E-state index contributed by atoms with van der Waals surface area (Å²) in [5.41, 5.74) is 5.53. The molecule has 302 valence electrons. The number of hydrogen-bond acceptors (Lipinski definition) is 3. The molecule has 8 aromatic rings. The van der Waals surface area contributed by atoms with Crippen molar-refractivity contribution in [2.75, 3.05) is 0 Å². The number of para-hydroxylation sites is 1. The first kappa shape index (κ1) is 27.5. The molecule has 2 aromatic heterocycles. The Bertz CT molecular complexity index is 3400. The van der Waals surface area contributed by atoms with Crippen molar-refractivity contribution in [3.8, 4) is 67.5 Å². The third-order valence-electron chi connectivity index (χ3n) is 11.0. The summed E-state index contributed by atoms with van der Waals surface area (Å²) in [6, 6.07) is 31.8. The van der Waals surface area contributed by atoms with Crippen LogP contribution in [-0.2, 0) is 16.2 Å². The maximum Gasteiger partial charge on any atom is 0.149 e. The van der Waals surface area contributed by atoms with Gasteiger partial charge in [-0.3, -0.25) is 9.55 Å². The Morgan fingerprint density at radius 2 is 1.32 bits per heavy atom. The molecule has 0 bridgehead atoms. The Morgan fingerprint density at radius 3 is 2.02 bits per heavy atom. The van der Waals surface area contributed by atoms with Crippen LogP contribution in [0, 0.1) is 13.8 Å². The fourth-order valence-corrected chi connectivity index (χ4v) is 7.82. The van der Waals surface area contributed by atoms with E-state index < -0.39 is 61.1 Å². The van der Waals surface area contributed by atoms with Gasteiger partial charge in [-0.2, -0.15) is 0 Å². The average molecular weight is 801 g/mol. The van der Waals surface area contributed by atoms with Crippen molar-refractivity contribution in [3.05, 3.63) is 167 Å². The van der Waals surface area contributed by atoms with Gasteiger partial charge in [-0.25, -0.2) is 4.98 Å². The van der Waals surface area contributed by atoms with Gasteiger partial charge in [0, 0.05) is 35.3 Å². The summed E-state index contributed by atoms with van der Waals surface area (Å²) in [5.74, 6) is 0.659. The zero-order valence-electron chi connectivity index (χ0n) is 48.3. The third-order valence-corrected chi connectivity index (χ3v) is 11.0. The molecule has 0 saturated heterocycles. The van der Waals surface area contributed by atoms with Gasteiger partial charge in [0.1, 0.15) is 11.6 Å². The fraction of sp³-hybridized carbons (Fsp3) is 0.250. The van der Waals surface area contributed by atoms with Crippen LogP contribution in [0.1, 0.15) is 108 Å². The maximum absolute atomic E-state index is 11.8. The SMILES string of the molecule is [2H]c1c([2H])c(C(C([2H])([2H])[2H])(C([2H])([2H])[2H])C([2H])([2H])[2H])c([2H])c([2H])c1-c1ccnc(-c2cc(-c3cccc4c3nc(-c3cc(C)cc(C)c3O)n4-c3ccc(-c4ccccc4)c(C(C)(C)C)c3)cc(C(C)(C)C)c2)c1. The minimum atomic E-state index is -3.80. The van der Waals surface area contributed by atoms with E-state index in [9.17, 15) is 5.11 Å². The summed E-state index contributed by atoms with van der Waals surface area (Å²) >= 11 is 0. The number of nitrogens with zero attached hydrogens (tertiary/aromatic N) is 3. The Labute approximate surface area is 374 Å². The molecule has 0 fully saturated rings. The van der Waals surface area contributed by atoms with Gasteiger partial charge in [0.25, 0.3) is 0 Å². The van der Waals surface area contributed by atoms with E-state index >= 15 is 0 Å². The third kappa shape index (κ3) is 7.79. The predicted molar refractivity (Wildman–Crippen MR) is 253 cm³/mol. The Hall–Kier alpha value is -6.26. The van der Waals surface area contributed by atoms with E-state index in [1.165, 1.54) is 12.3 Å². The summed E-state index contributed by atoms with van der Waals surface area (Å²) in [4.78, 5) is 10.1. The van der Waals surface area contributed by atoms with Gasteiger partial charge in [0.05, 0.1) is 27.8 Å². The second-order valence-electron chi connectivity index (χ2n) is 17.7. The molecule has 0 aliphatic heterocycles. The van der Waals surface area contributed by atoms with Gasteiger partial charge in [0.2, 0.25) is 0 Å². The minimum Gasteiger partial charge on any atom is -0.507 e. The molecule has 0 aliphatic rings. The summed E-state index contributed by atoms with van der Waals surface area (Å²) in [6.45, 7) is 5.24. The summed E-state index contributed by atoms with van der Waals surface area (Å²) < 4.78 is 112. The van der Waals surface area contributed by atoms with Crippen molar-refractivity contribution in [1.29, 1.82) is 0 Å². The number of phenolic OH excluding ortho intramolecular Hbond substituents is 1. The lowest BCUT2D eigenvalue weighted by atomic mass is 9.81. The Kier molecular flexibility index (Phi) is 6.91. The molecule has 0 radical (unpaired) electrons. The first-order valence-corrected chi connectivity index (χ1v) is 20.1. The lowest BCUT2D eigenvalue weighted by Gasteiger charge is -2.25. The van der Waals surface area contributed by atoms with Gasteiger partial charge in [-0.15, -0.1) is 0 Å². The molecule has 0 atom stereocenters. The Morgan fingerprint density at radius 1 is 0.583 bits per heavy atom. The number of imidazole rings is 1. The molecule has 2 heterocycles. The van der Waals surface area contributed by atoms with E-state index in [0.717, 1.165) is 50.1 Å². The lowest BCUT2D eigenvalue weighted by molar-refractivity contribution is 0.472. The van der Waals surface area contributed by atoms with Crippen molar-refractivity contribution in [3.63, 3.8) is 0 Å². The van der Waals surface area contributed by atoms with Crippen LogP contribution < -0.4 is 0 Å². The molecular formula is C56H57N3O.